The van der Waals surface area contributed by atoms with Crippen molar-refractivity contribution in [3.63, 3.8) is 0 Å². The van der Waals surface area contributed by atoms with Crippen molar-refractivity contribution >= 4 is 22.9 Å². The van der Waals surface area contributed by atoms with Crippen LogP contribution in [0.15, 0.2) is 23.8 Å². The lowest BCUT2D eigenvalue weighted by atomic mass is 10.1. The molecule has 0 aliphatic carbocycles. The van der Waals surface area contributed by atoms with E-state index in [0.29, 0.717) is 11.1 Å². The first kappa shape index (κ1) is 11.5. The molecule has 0 aliphatic heterocycles. The van der Waals surface area contributed by atoms with E-state index in [9.17, 15) is 9.18 Å². The SMILES string of the molecule is CC(=O)c1nn(C=C(C)C)c2ccc(F)cc12. The molecular formula is C13H13FN2O. The third kappa shape index (κ3) is 2.11. The van der Waals surface area contributed by atoms with Gasteiger partial charge in [0.25, 0.3) is 0 Å². The first-order valence-electron chi connectivity index (χ1n) is 5.33. The minimum atomic E-state index is -0.364. The number of hydrogen-bond donors (Lipinski definition) is 0. The minimum absolute atomic E-state index is 0.165. The number of carbonyl (C=O) groups is 1. The number of nitrogens with zero attached hydrogens (tertiary/aromatic N) is 2. The van der Waals surface area contributed by atoms with E-state index in [-0.39, 0.29) is 11.6 Å². The van der Waals surface area contributed by atoms with Gasteiger partial charge >= 0.3 is 0 Å². The highest BCUT2D eigenvalue weighted by Crippen LogP contribution is 2.21. The molecule has 3 nitrogen and oxygen atoms in total. The zero-order chi connectivity index (χ0) is 12.6. The van der Waals surface area contributed by atoms with Gasteiger partial charge in [-0.25, -0.2) is 9.07 Å². The molecule has 0 spiro atoms. The molecule has 1 heterocycles. The molecule has 2 rings (SSSR count). The smallest absolute Gasteiger partial charge is 0.180 e. The van der Waals surface area contributed by atoms with E-state index in [0.717, 1.165) is 11.1 Å². The van der Waals surface area contributed by atoms with Gasteiger partial charge in [-0.05, 0) is 32.0 Å². The number of Topliss-reactive ketones (excluding diaryl/α,β-unsaturated/α-hetero) is 1. The van der Waals surface area contributed by atoms with Crippen LogP contribution in [0.5, 0.6) is 0 Å². The maximum absolute atomic E-state index is 13.2. The summed E-state index contributed by atoms with van der Waals surface area (Å²) in [5.74, 6) is -0.529. The Kier molecular flexibility index (Phi) is 2.79. The summed E-state index contributed by atoms with van der Waals surface area (Å²) in [6, 6.07) is 4.33. The third-order valence-electron chi connectivity index (χ3n) is 2.38. The summed E-state index contributed by atoms with van der Waals surface area (Å²) in [6.07, 6.45) is 1.81. The molecule has 1 aromatic carbocycles. The summed E-state index contributed by atoms with van der Waals surface area (Å²) >= 11 is 0. The number of hydrogen-bond acceptors (Lipinski definition) is 2. The van der Waals surface area contributed by atoms with Gasteiger partial charge in [-0.2, -0.15) is 5.10 Å². The molecule has 1 aromatic heterocycles. The molecule has 0 N–H and O–H groups in total. The van der Waals surface area contributed by atoms with Gasteiger partial charge in [-0.1, -0.05) is 5.57 Å². The number of ketones is 1. The number of benzene rings is 1. The lowest BCUT2D eigenvalue weighted by Crippen LogP contribution is -1.96. The summed E-state index contributed by atoms with van der Waals surface area (Å²) in [4.78, 5) is 11.5. The van der Waals surface area contributed by atoms with Crippen molar-refractivity contribution in [1.82, 2.24) is 9.78 Å². The minimum Gasteiger partial charge on any atom is -0.293 e. The number of aromatic nitrogens is 2. The fourth-order valence-corrected chi connectivity index (χ4v) is 1.72. The molecule has 17 heavy (non-hydrogen) atoms. The molecule has 2 aromatic rings. The standard InChI is InChI=1S/C13H13FN2O/c1-8(2)7-16-12-5-4-10(14)6-11(12)13(15-16)9(3)17/h4-7H,1-3H3. The number of carbonyl (C=O) groups excluding carboxylic acids is 1. The van der Waals surface area contributed by atoms with E-state index in [1.54, 1.807) is 10.7 Å². The van der Waals surface area contributed by atoms with Crippen molar-refractivity contribution in [2.24, 2.45) is 0 Å². The van der Waals surface area contributed by atoms with Gasteiger partial charge in [0.1, 0.15) is 11.5 Å². The number of halogens is 1. The Labute approximate surface area is 98.5 Å². The molecule has 0 atom stereocenters. The van der Waals surface area contributed by atoms with Crippen LogP contribution in [0.1, 0.15) is 31.3 Å². The van der Waals surface area contributed by atoms with Crippen molar-refractivity contribution in [1.29, 1.82) is 0 Å². The van der Waals surface area contributed by atoms with Crippen LogP contribution >= 0.6 is 0 Å². The van der Waals surface area contributed by atoms with Crippen LogP contribution < -0.4 is 0 Å². The first-order valence-corrected chi connectivity index (χ1v) is 5.33. The van der Waals surface area contributed by atoms with Crippen LogP contribution in [0.3, 0.4) is 0 Å². The summed E-state index contributed by atoms with van der Waals surface area (Å²) in [7, 11) is 0. The summed E-state index contributed by atoms with van der Waals surface area (Å²) in [5.41, 5.74) is 2.09. The predicted molar refractivity (Wildman–Crippen MR) is 65.3 cm³/mol. The average Bonchev–Trinajstić information content (AvgIpc) is 2.55. The molecular weight excluding hydrogens is 219 g/mol. The maximum atomic E-state index is 13.2. The topological polar surface area (TPSA) is 34.9 Å². The molecule has 0 fully saturated rings. The van der Waals surface area contributed by atoms with Crippen molar-refractivity contribution < 1.29 is 9.18 Å². The lowest BCUT2D eigenvalue weighted by molar-refractivity contribution is 0.101. The second-order valence-electron chi connectivity index (χ2n) is 4.22. The molecule has 88 valence electrons. The monoisotopic (exact) mass is 232 g/mol. The van der Waals surface area contributed by atoms with E-state index in [2.05, 4.69) is 5.10 Å². The largest absolute Gasteiger partial charge is 0.293 e. The van der Waals surface area contributed by atoms with Crippen LogP contribution in [0.4, 0.5) is 4.39 Å². The highest BCUT2D eigenvalue weighted by Gasteiger charge is 2.13. The van der Waals surface area contributed by atoms with Gasteiger partial charge in [-0.15, -0.1) is 0 Å². The Morgan fingerprint density at radius 1 is 1.35 bits per heavy atom. The highest BCUT2D eigenvalue weighted by molar-refractivity contribution is 6.05. The fraction of sp³-hybridized carbons (Fsp3) is 0.231. The van der Waals surface area contributed by atoms with Crippen molar-refractivity contribution in [3.05, 3.63) is 35.3 Å². The zero-order valence-electron chi connectivity index (χ0n) is 9.99. The lowest BCUT2D eigenvalue weighted by Gasteiger charge is -1.96. The quantitative estimate of drug-likeness (QED) is 0.745. The van der Waals surface area contributed by atoms with Gasteiger partial charge in [0, 0.05) is 18.5 Å². The summed E-state index contributed by atoms with van der Waals surface area (Å²) in [6.45, 7) is 5.30. The number of fused-ring (bicyclic) bond motifs is 1. The average molecular weight is 232 g/mol. The Morgan fingerprint density at radius 2 is 2.06 bits per heavy atom. The van der Waals surface area contributed by atoms with E-state index in [1.165, 1.54) is 19.1 Å². The molecule has 0 aliphatic rings. The van der Waals surface area contributed by atoms with Crippen LogP contribution in [-0.2, 0) is 0 Å². The van der Waals surface area contributed by atoms with E-state index < -0.39 is 0 Å². The normalized spacial score (nSPS) is 10.6. The van der Waals surface area contributed by atoms with Gasteiger partial charge in [0.2, 0.25) is 0 Å². The van der Waals surface area contributed by atoms with Crippen LogP contribution in [0.25, 0.3) is 17.1 Å². The molecule has 0 saturated carbocycles. The fourth-order valence-electron chi connectivity index (χ4n) is 1.72. The van der Waals surface area contributed by atoms with Crippen molar-refractivity contribution in [2.45, 2.75) is 20.8 Å². The molecule has 0 saturated heterocycles. The van der Waals surface area contributed by atoms with E-state index >= 15 is 0 Å². The van der Waals surface area contributed by atoms with Gasteiger partial charge in [0.15, 0.2) is 5.78 Å². The Bertz CT molecular complexity index is 622. The van der Waals surface area contributed by atoms with Crippen molar-refractivity contribution in [3.8, 4) is 0 Å². The van der Waals surface area contributed by atoms with Crippen LogP contribution in [0.2, 0.25) is 0 Å². The zero-order valence-corrected chi connectivity index (χ0v) is 9.99. The summed E-state index contributed by atoms with van der Waals surface area (Å²) in [5, 5.41) is 4.75. The number of allylic oxidation sites excluding steroid dienone is 1. The van der Waals surface area contributed by atoms with E-state index in [1.807, 2.05) is 20.0 Å². The molecule has 0 bridgehead atoms. The molecule has 0 amide bonds. The Hall–Kier alpha value is -1.97. The molecule has 0 unspecified atom stereocenters. The number of rotatable bonds is 2. The maximum Gasteiger partial charge on any atom is 0.180 e. The summed E-state index contributed by atoms with van der Waals surface area (Å²) < 4.78 is 14.8. The second kappa shape index (κ2) is 4.13. The first-order chi connectivity index (χ1) is 7.99. The molecule has 0 radical (unpaired) electrons. The Balaban J connectivity index is 2.79. The second-order valence-corrected chi connectivity index (χ2v) is 4.22. The van der Waals surface area contributed by atoms with Crippen LogP contribution in [0, 0.1) is 5.82 Å². The Morgan fingerprint density at radius 3 is 2.65 bits per heavy atom. The molecule has 4 heteroatoms. The van der Waals surface area contributed by atoms with Gasteiger partial charge in [-0.3, -0.25) is 4.79 Å². The van der Waals surface area contributed by atoms with Crippen molar-refractivity contribution in [2.75, 3.05) is 0 Å². The third-order valence-corrected chi connectivity index (χ3v) is 2.38. The predicted octanol–water partition coefficient (Wildman–Crippen LogP) is 3.26. The van der Waals surface area contributed by atoms with E-state index in [4.69, 9.17) is 0 Å². The van der Waals surface area contributed by atoms with Gasteiger partial charge in [0.05, 0.1) is 5.52 Å². The highest BCUT2D eigenvalue weighted by atomic mass is 19.1. The van der Waals surface area contributed by atoms with Gasteiger partial charge < -0.3 is 0 Å². The van der Waals surface area contributed by atoms with Crippen LogP contribution in [-0.4, -0.2) is 15.6 Å².